The lowest BCUT2D eigenvalue weighted by Crippen LogP contribution is -2.35. The molecule has 1 aromatic rings. The van der Waals surface area contributed by atoms with Crippen LogP contribution >= 0.6 is 0 Å². The molecule has 1 aromatic carbocycles. The van der Waals surface area contributed by atoms with Crippen LogP contribution in [0.5, 0.6) is 5.75 Å². The summed E-state index contributed by atoms with van der Waals surface area (Å²) < 4.78 is 32.4. The van der Waals surface area contributed by atoms with Crippen molar-refractivity contribution in [1.29, 1.82) is 0 Å². The Hall–Kier alpha value is -1.37. The van der Waals surface area contributed by atoms with E-state index in [4.69, 9.17) is 4.74 Å². The highest BCUT2D eigenvalue weighted by Gasteiger charge is 2.26. The molecule has 22 heavy (non-hydrogen) atoms. The van der Waals surface area contributed by atoms with Gasteiger partial charge in [0.05, 0.1) is 11.5 Å². The zero-order chi connectivity index (χ0) is 16.0. The second-order valence-electron chi connectivity index (χ2n) is 5.25. The van der Waals surface area contributed by atoms with Gasteiger partial charge in [-0.25, -0.2) is 8.42 Å². The molecule has 2 rings (SSSR count). The molecule has 6 heteroatoms. The molecule has 0 aromatic heterocycles. The summed E-state index contributed by atoms with van der Waals surface area (Å²) in [6, 6.07) is 6.65. The molecular weight excluding hydrogens is 300 g/mol. The molecule has 1 heterocycles. The Kier molecular flexibility index (Phi) is 5.99. The Morgan fingerprint density at radius 3 is 2.55 bits per heavy atom. The maximum absolute atomic E-state index is 12.7. The van der Waals surface area contributed by atoms with Gasteiger partial charge in [0.1, 0.15) is 5.75 Å². The summed E-state index contributed by atoms with van der Waals surface area (Å²) >= 11 is 0. The van der Waals surface area contributed by atoms with Crippen LogP contribution < -0.4 is 4.74 Å². The predicted octanol–water partition coefficient (Wildman–Crippen LogP) is 1.97. The van der Waals surface area contributed by atoms with E-state index >= 15 is 0 Å². The number of hydrogen-bond acceptors (Lipinski definition) is 4. The van der Waals surface area contributed by atoms with E-state index in [0.717, 1.165) is 26.1 Å². The standard InChI is InChI=1S/C16H24N2O3S/c1-3-10-17-11-5-12-18(14-13-17)22(19,20)16-8-6-15(7-9-16)21-4-2/h3,6-9H,1,4-5,10-14H2,2H3. The van der Waals surface area contributed by atoms with Crippen LogP contribution in [-0.4, -0.2) is 57.0 Å². The van der Waals surface area contributed by atoms with Crippen molar-refractivity contribution < 1.29 is 13.2 Å². The molecule has 5 nitrogen and oxygen atoms in total. The Balaban J connectivity index is 2.10. The second-order valence-corrected chi connectivity index (χ2v) is 7.19. The van der Waals surface area contributed by atoms with Crippen molar-refractivity contribution in [3.05, 3.63) is 36.9 Å². The van der Waals surface area contributed by atoms with Crippen LogP contribution in [-0.2, 0) is 10.0 Å². The zero-order valence-electron chi connectivity index (χ0n) is 13.1. The van der Waals surface area contributed by atoms with Crippen molar-refractivity contribution in [3.63, 3.8) is 0 Å². The predicted molar refractivity (Wildman–Crippen MR) is 87.6 cm³/mol. The van der Waals surface area contributed by atoms with Gasteiger partial charge in [-0.15, -0.1) is 6.58 Å². The summed E-state index contributed by atoms with van der Waals surface area (Å²) in [6.07, 6.45) is 2.70. The molecule has 1 aliphatic rings. The third-order valence-electron chi connectivity index (χ3n) is 3.71. The van der Waals surface area contributed by atoms with Gasteiger partial charge in [0.2, 0.25) is 10.0 Å². The minimum Gasteiger partial charge on any atom is -0.494 e. The van der Waals surface area contributed by atoms with Crippen molar-refractivity contribution in [2.75, 3.05) is 39.3 Å². The van der Waals surface area contributed by atoms with Crippen molar-refractivity contribution in [3.8, 4) is 5.75 Å². The number of sulfonamides is 1. The molecule has 1 saturated heterocycles. The number of nitrogens with zero attached hydrogens (tertiary/aromatic N) is 2. The topological polar surface area (TPSA) is 49.9 Å². The first-order chi connectivity index (χ1) is 10.6. The molecule has 122 valence electrons. The number of rotatable bonds is 6. The Morgan fingerprint density at radius 1 is 1.18 bits per heavy atom. The van der Waals surface area contributed by atoms with Gasteiger partial charge in [0.25, 0.3) is 0 Å². The molecule has 0 atom stereocenters. The van der Waals surface area contributed by atoms with E-state index in [-0.39, 0.29) is 0 Å². The average molecular weight is 324 g/mol. The lowest BCUT2D eigenvalue weighted by molar-refractivity contribution is 0.316. The first-order valence-electron chi connectivity index (χ1n) is 7.64. The van der Waals surface area contributed by atoms with Gasteiger partial charge in [-0.2, -0.15) is 4.31 Å². The first-order valence-corrected chi connectivity index (χ1v) is 9.08. The molecular formula is C16H24N2O3S. The van der Waals surface area contributed by atoms with Crippen LogP contribution in [0.1, 0.15) is 13.3 Å². The van der Waals surface area contributed by atoms with E-state index in [1.807, 2.05) is 13.0 Å². The third-order valence-corrected chi connectivity index (χ3v) is 5.62. The molecule has 0 aliphatic carbocycles. The Labute approximate surface area is 133 Å². The first kappa shape index (κ1) is 17.0. The quantitative estimate of drug-likeness (QED) is 0.751. The van der Waals surface area contributed by atoms with Gasteiger partial charge in [0, 0.05) is 26.2 Å². The fraction of sp³-hybridized carbons (Fsp3) is 0.500. The van der Waals surface area contributed by atoms with Crippen molar-refractivity contribution in [2.45, 2.75) is 18.2 Å². The smallest absolute Gasteiger partial charge is 0.243 e. The monoisotopic (exact) mass is 324 g/mol. The second kappa shape index (κ2) is 7.76. The van der Waals surface area contributed by atoms with Crippen LogP contribution in [0.4, 0.5) is 0 Å². The zero-order valence-corrected chi connectivity index (χ0v) is 13.9. The summed E-state index contributed by atoms with van der Waals surface area (Å²) in [5, 5.41) is 0. The molecule has 1 aliphatic heterocycles. The molecule has 0 radical (unpaired) electrons. The van der Waals surface area contributed by atoms with Gasteiger partial charge in [-0.05, 0) is 44.2 Å². The third kappa shape index (κ3) is 4.09. The Bertz CT molecular complexity index is 584. The van der Waals surface area contributed by atoms with Crippen LogP contribution in [0.3, 0.4) is 0 Å². The minimum absolute atomic E-state index is 0.327. The number of ether oxygens (including phenoxy) is 1. The molecule has 0 spiro atoms. The van der Waals surface area contributed by atoms with E-state index in [2.05, 4.69) is 11.5 Å². The highest BCUT2D eigenvalue weighted by Crippen LogP contribution is 2.20. The highest BCUT2D eigenvalue weighted by atomic mass is 32.2. The fourth-order valence-electron chi connectivity index (χ4n) is 2.58. The van der Waals surface area contributed by atoms with E-state index < -0.39 is 10.0 Å². The Morgan fingerprint density at radius 2 is 1.91 bits per heavy atom. The van der Waals surface area contributed by atoms with Gasteiger partial charge < -0.3 is 4.74 Å². The molecule has 0 amide bonds. The summed E-state index contributed by atoms with van der Waals surface area (Å²) in [5.74, 6) is 0.689. The molecule has 0 bridgehead atoms. The summed E-state index contributed by atoms with van der Waals surface area (Å²) in [7, 11) is -3.43. The average Bonchev–Trinajstić information content (AvgIpc) is 2.75. The summed E-state index contributed by atoms with van der Waals surface area (Å²) in [5.41, 5.74) is 0. The van der Waals surface area contributed by atoms with Crippen molar-refractivity contribution in [1.82, 2.24) is 9.21 Å². The van der Waals surface area contributed by atoms with E-state index in [9.17, 15) is 8.42 Å². The van der Waals surface area contributed by atoms with Gasteiger partial charge in [0.15, 0.2) is 0 Å². The SMILES string of the molecule is C=CCN1CCCN(S(=O)(=O)c2ccc(OCC)cc2)CC1. The lowest BCUT2D eigenvalue weighted by Gasteiger charge is -2.21. The van der Waals surface area contributed by atoms with E-state index in [1.54, 1.807) is 28.6 Å². The van der Waals surface area contributed by atoms with Crippen molar-refractivity contribution in [2.24, 2.45) is 0 Å². The van der Waals surface area contributed by atoms with Gasteiger partial charge in [-0.1, -0.05) is 6.08 Å². The highest BCUT2D eigenvalue weighted by molar-refractivity contribution is 7.89. The van der Waals surface area contributed by atoms with Crippen LogP contribution in [0.15, 0.2) is 41.8 Å². The summed E-state index contributed by atoms with van der Waals surface area (Å²) in [4.78, 5) is 2.55. The van der Waals surface area contributed by atoms with Crippen LogP contribution in [0, 0.1) is 0 Å². The number of hydrogen-bond donors (Lipinski definition) is 0. The van der Waals surface area contributed by atoms with E-state index in [1.165, 1.54) is 0 Å². The molecule has 0 unspecified atom stereocenters. The van der Waals surface area contributed by atoms with Crippen LogP contribution in [0.25, 0.3) is 0 Å². The normalized spacial score (nSPS) is 17.9. The van der Waals surface area contributed by atoms with Crippen LogP contribution in [0.2, 0.25) is 0 Å². The fourth-order valence-corrected chi connectivity index (χ4v) is 4.05. The van der Waals surface area contributed by atoms with E-state index in [0.29, 0.717) is 30.3 Å². The lowest BCUT2D eigenvalue weighted by atomic mass is 10.3. The molecule has 0 saturated carbocycles. The maximum Gasteiger partial charge on any atom is 0.243 e. The van der Waals surface area contributed by atoms with Gasteiger partial charge in [-0.3, -0.25) is 4.90 Å². The maximum atomic E-state index is 12.7. The minimum atomic E-state index is -3.43. The number of benzene rings is 1. The molecule has 1 fully saturated rings. The molecule has 0 N–H and O–H groups in total. The largest absolute Gasteiger partial charge is 0.494 e. The van der Waals surface area contributed by atoms with Gasteiger partial charge >= 0.3 is 0 Å². The van der Waals surface area contributed by atoms with Crippen molar-refractivity contribution >= 4 is 10.0 Å². The summed E-state index contributed by atoms with van der Waals surface area (Å²) in [6.45, 7) is 9.73.